The second-order valence-corrected chi connectivity index (χ2v) is 7.59. The Morgan fingerprint density at radius 3 is 2.96 bits per heavy atom. The summed E-state index contributed by atoms with van der Waals surface area (Å²) in [5, 5.41) is 7.39. The minimum Gasteiger partial charge on any atom is -0.329 e. The van der Waals surface area contributed by atoms with Gasteiger partial charge in [-0.15, -0.1) is 11.3 Å². The number of nitrogens with zero attached hydrogens (tertiary/aromatic N) is 1. The third-order valence-corrected chi connectivity index (χ3v) is 6.25. The molecule has 1 fully saturated rings. The Labute approximate surface area is 146 Å². The summed E-state index contributed by atoms with van der Waals surface area (Å²) in [7, 11) is 0. The number of hydrogen-bond acceptors (Lipinski definition) is 4. The van der Waals surface area contributed by atoms with Crippen LogP contribution >= 0.6 is 11.3 Å². The first-order valence-electron chi connectivity index (χ1n) is 8.46. The molecule has 1 atom stereocenters. The number of pyridine rings is 1. The molecule has 126 valence electrons. The fourth-order valence-corrected chi connectivity index (χ4v) is 5.05. The van der Waals surface area contributed by atoms with E-state index in [4.69, 9.17) is 4.98 Å². The van der Waals surface area contributed by atoms with Crippen LogP contribution in [0, 0.1) is 5.82 Å². The second kappa shape index (κ2) is 5.61. The lowest BCUT2D eigenvalue weighted by Gasteiger charge is -2.20. The number of nitrogens with one attached hydrogen (secondary N) is 2. The molecule has 4 nitrogen and oxygen atoms in total. The summed E-state index contributed by atoms with van der Waals surface area (Å²) >= 11 is 1.66. The maximum Gasteiger partial charge on any atom is 0.256 e. The molecule has 0 aliphatic carbocycles. The quantitative estimate of drug-likeness (QED) is 0.510. The van der Waals surface area contributed by atoms with Crippen molar-refractivity contribution in [2.45, 2.75) is 18.8 Å². The Bertz CT molecular complexity index is 1170. The molecule has 0 spiro atoms. The Balaban J connectivity index is 1.91. The smallest absolute Gasteiger partial charge is 0.256 e. The molecule has 3 heterocycles. The van der Waals surface area contributed by atoms with Gasteiger partial charge in [-0.05, 0) is 43.7 Å². The first kappa shape index (κ1) is 15.0. The van der Waals surface area contributed by atoms with Crippen molar-refractivity contribution in [1.29, 1.82) is 0 Å². The standard InChI is InChI=1S/C19H16FN3OS/c20-11-3-4-12-14(8-11)15-13(5-7-22-18(15)24)17-16(12)23-19(25-17)10-2-1-6-21-9-10/h3-5,7-8,10,21H,1-2,6,9H2,(H,22,24). The van der Waals surface area contributed by atoms with Gasteiger partial charge in [-0.2, -0.15) is 0 Å². The van der Waals surface area contributed by atoms with E-state index < -0.39 is 0 Å². The normalized spacial score (nSPS) is 18.4. The molecular formula is C19H16FN3OS. The van der Waals surface area contributed by atoms with Crippen molar-refractivity contribution in [3.05, 3.63) is 51.6 Å². The van der Waals surface area contributed by atoms with Gasteiger partial charge in [0.25, 0.3) is 5.56 Å². The SMILES string of the molecule is O=c1[nH]ccc2c3sc(C4CCCNC4)nc3c3ccc(F)cc3c12. The maximum atomic E-state index is 13.9. The number of halogens is 1. The van der Waals surface area contributed by atoms with Crippen molar-refractivity contribution in [1.82, 2.24) is 15.3 Å². The number of benzene rings is 2. The van der Waals surface area contributed by atoms with Crippen LogP contribution in [0.2, 0.25) is 0 Å². The van der Waals surface area contributed by atoms with Crippen LogP contribution in [0.25, 0.3) is 31.8 Å². The Morgan fingerprint density at radius 1 is 1.20 bits per heavy atom. The number of aromatic amines is 1. The Kier molecular flexibility index (Phi) is 3.36. The van der Waals surface area contributed by atoms with Gasteiger partial charge in [0.05, 0.1) is 20.6 Å². The number of hydrogen-bond donors (Lipinski definition) is 2. The number of piperidine rings is 1. The summed E-state index contributed by atoms with van der Waals surface area (Å²) in [6.07, 6.45) is 3.92. The third kappa shape index (κ3) is 2.28. The molecule has 6 heteroatoms. The van der Waals surface area contributed by atoms with Crippen molar-refractivity contribution in [3.8, 4) is 0 Å². The number of rotatable bonds is 1. The van der Waals surface area contributed by atoms with Crippen LogP contribution in [0.15, 0.2) is 35.3 Å². The fraction of sp³-hybridized carbons (Fsp3) is 0.263. The molecule has 0 bridgehead atoms. The van der Waals surface area contributed by atoms with Crippen LogP contribution in [0.1, 0.15) is 23.8 Å². The molecule has 2 aromatic carbocycles. The summed E-state index contributed by atoms with van der Waals surface area (Å²) in [5.41, 5.74) is 0.683. The van der Waals surface area contributed by atoms with Crippen molar-refractivity contribution < 1.29 is 4.39 Å². The molecule has 1 aliphatic rings. The highest BCUT2D eigenvalue weighted by atomic mass is 32.1. The molecule has 0 saturated carbocycles. The average molecular weight is 353 g/mol. The Hall–Kier alpha value is -2.31. The molecule has 25 heavy (non-hydrogen) atoms. The molecule has 0 amide bonds. The van der Waals surface area contributed by atoms with Gasteiger partial charge in [0.2, 0.25) is 0 Å². The zero-order valence-corrected chi connectivity index (χ0v) is 14.3. The molecule has 5 rings (SSSR count). The highest BCUT2D eigenvalue weighted by Crippen LogP contribution is 2.39. The van der Waals surface area contributed by atoms with E-state index in [9.17, 15) is 9.18 Å². The molecule has 1 saturated heterocycles. The molecular weight excluding hydrogens is 337 g/mol. The van der Waals surface area contributed by atoms with Crippen molar-refractivity contribution in [2.24, 2.45) is 0 Å². The van der Waals surface area contributed by atoms with Gasteiger partial charge in [0, 0.05) is 34.8 Å². The lowest BCUT2D eigenvalue weighted by atomic mass is 10.00. The van der Waals surface area contributed by atoms with Crippen molar-refractivity contribution >= 4 is 43.1 Å². The second-order valence-electron chi connectivity index (χ2n) is 6.56. The van der Waals surface area contributed by atoms with Crippen LogP contribution in [0.3, 0.4) is 0 Å². The Morgan fingerprint density at radius 2 is 2.12 bits per heavy atom. The van der Waals surface area contributed by atoms with Gasteiger partial charge in [0.1, 0.15) is 5.82 Å². The van der Waals surface area contributed by atoms with Crippen LogP contribution in [-0.2, 0) is 0 Å². The molecule has 2 aromatic heterocycles. The number of thiazole rings is 1. The third-order valence-electron chi connectivity index (χ3n) is 5.00. The maximum absolute atomic E-state index is 13.9. The van der Waals surface area contributed by atoms with Gasteiger partial charge in [-0.25, -0.2) is 9.37 Å². The van der Waals surface area contributed by atoms with E-state index in [0.717, 1.165) is 51.9 Å². The minimum atomic E-state index is -0.344. The largest absolute Gasteiger partial charge is 0.329 e. The molecule has 1 aliphatic heterocycles. The van der Waals surface area contributed by atoms with E-state index >= 15 is 0 Å². The summed E-state index contributed by atoms with van der Waals surface area (Å²) in [6.45, 7) is 1.99. The zero-order chi connectivity index (χ0) is 17.0. The van der Waals surface area contributed by atoms with E-state index in [1.165, 1.54) is 12.1 Å². The molecule has 1 unspecified atom stereocenters. The van der Waals surface area contributed by atoms with Gasteiger partial charge < -0.3 is 10.3 Å². The van der Waals surface area contributed by atoms with E-state index in [2.05, 4.69) is 10.3 Å². The van der Waals surface area contributed by atoms with Crippen molar-refractivity contribution in [2.75, 3.05) is 13.1 Å². The lowest BCUT2D eigenvalue weighted by molar-refractivity contribution is 0.461. The summed E-state index contributed by atoms with van der Waals surface area (Å²) in [4.78, 5) is 20.1. The fourth-order valence-electron chi connectivity index (χ4n) is 3.80. The van der Waals surface area contributed by atoms with Gasteiger partial charge >= 0.3 is 0 Å². The van der Waals surface area contributed by atoms with Gasteiger partial charge in [-0.1, -0.05) is 0 Å². The highest BCUT2D eigenvalue weighted by Gasteiger charge is 2.22. The number of aromatic nitrogens is 2. The van der Waals surface area contributed by atoms with Crippen LogP contribution < -0.4 is 10.9 Å². The van der Waals surface area contributed by atoms with E-state index in [-0.39, 0.29) is 11.4 Å². The van der Waals surface area contributed by atoms with Crippen LogP contribution in [0.5, 0.6) is 0 Å². The topological polar surface area (TPSA) is 57.8 Å². The lowest BCUT2D eigenvalue weighted by Crippen LogP contribution is -2.28. The van der Waals surface area contributed by atoms with Crippen LogP contribution in [-0.4, -0.2) is 23.1 Å². The average Bonchev–Trinajstić information content (AvgIpc) is 3.08. The van der Waals surface area contributed by atoms with E-state index in [0.29, 0.717) is 16.7 Å². The van der Waals surface area contributed by atoms with Crippen molar-refractivity contribution in [3.63, 3.8) is 0 Å². The summed E-state index contributed by atoms with van der Waals surface area (Å²) < 4.78 is 14.9. The molecule has 2 N–H and O–H groups in total. The number of fused-ring (bicyclic) bond motifs is 6. The predicted octanol–water partition coefficient (Wildman–Crippen LogP) is 3.90. The highest BCUT2D eigenvalue weighted by molar-refractivity contribution is 7.19. The first-order chi connectivity index (χ1) is 12.2. The van der Waals surface area contributed by atoms with Gasteiger partial charge in [-0.3, -0.25) is 4.79 Å². The van der Waals surface area contributed by atoms with E-state index in [1.807, 2.05) is 6.07 Å². The molecule has 0 radical (unpaired) electrons. The van der Waals surface area contributed by atoms with Crippen LogP contribution in [0.4, 0.5) is 4.39 Å². The predicted molar refractivity (Wildman–Crippen MR) is 100 cm³/mol. The summed E-state index contributed by atoms with van der Waals surface area (Å²) in [5.74, 6) is 0.0574. The monoisotopic (exact) mass is 353 g/mol. The van der Waals surface area contributed by atoms with Gasteiger partial charge in [0.15, 0.2) is 0 Å². The minimum absolute atomic E-state index is 0.190. The summed E-state index contributed by atoms with van der Waals surface area (Å²) in [6, 6.07) is 6.51. The first-order valence-corrected chi connectivity index (χ1v) is 9.28. The number of H-pyrrole nitrogens is 1. The zero-order valence-electron chi connectivity index (χ0n) is 13.4. The van der Waals surface area contributed by atoms with E-state index in [1.54, 1.807) is 23.6 Å². The molecule has 4 aromatic rings.